The molecule has 0 bridgehead atoms. The van der Waals surface area contributed by atoms with E-state index in [4.69, 9.17) is 11.6 Å². The normalized spacial score (nSPS) is 11.0. The zero-order chi connectivity index (χ0) is 13.0. The molecule has 4 heteroatoms. The minimum Gasteiger partial charge on any atom is -0.506 e. The molecule has 2 nitrogen and oxygen atoms in total. The summed E-state index contributed by atoms with van der Waals surface area (Å²) in [7, 11) is 0. The Balaban J connectivity index is 2.15. The molecule has 0 atom stereocenters. The monoisotopic (exact) mass is 323 g/mol. The maximum Gasteiger partial charge on any atom is 0.138 e. The summed E-state index contributed by atoms with van der Waals surface area (Å²) in [4.78, 5) is 4.29. The highest BCUT2D eigenvalue weighted by atomic mass is 79.9. The van der Waals surface area contributed by atoms with Gasteiger partial charge < -0.3 is 5.11 Å². The number of phenolic OH excluding ortho intramolecular Hbond substituents is 1. The van der Waals surface area contributed by atoms with Gasteiger partial charge in [-0.25, -0.2) is 0 Å². The molecular formula is C14H11BrClNO. The van der Waals surface area contributed by atoms with E-state index in [9.17, 15) is 5.11 Å². The van der Waals surface area contributed by atoms with Crippen LogP contribution in [0.15, 0.2) is 51.9 Å². The van der Waals surface area contributed by atoms with Gasteiger partial charge in [0.25, 0.3) is 0 Å². The number of benzene rings is 2. The van der Waals surface area contributed by atoms with Crippen LogP contribution < -0.4 is 0 Å². The van der Waals surface area contributed by atoms with Gasteiger partial charge in [0.2, 0.25) is 0 Å². The van der Waals surface area contributed by atoms with Crippen LogP contribution in [-0.2, 0) is 6.54 Å². The first-order valence-corrected chi connectivity index (χ1v) is 6.55. The van der Waals surface area contributed by atoms with E-state index in [-0.39, 0.29) is 5.75 Å². The first-order chi connectivity index (χ1) is 8.66. The van der Waals surface area contributed by atoms with Crippen molar-refractivity contribution in [1.82, 2.24) is 0 Å². The molecule has 92 valence electrons. The standard InChI is InChI=1S/C14H11BrClNO/c15-13-7-12(16)6-11(14(13)18)9-17-8-10-4-2-1-3-5-10/h1-7,9,18H,8H2. The molecule has 2 aromatic carbocycles. The van der Waals surface area contributed by atoms with Gasteiger partial charge in [-0.1, -0.05) is 41.9 Å². The lowest BCUT2D eigenvalue weighted by molar-refractivity contribution is 0.471. The van der Waals surface area contributed by atoms with E-state index in [0.717, 1.165) is 5.56 Å². The quantitative estimate of drug-likeness (QED) is 0.832. The Kier molecular flexibility index (Phi) is 4.39. The molecule has 0 unspecified atom stereocenters. The molecule has 0 saturated heterocycles. The van der Waals surface area contributed by atoms with Gasteiger partial charge in [-0.15, -0.1) is 0 Å². The summed E-state index contributed by atoms with van der Waals surface area (Å²) in [5.74, 6) is 0.149. The van der Waals surface area contributed by atoms with Crippen LogP contribution in [-0.4, -0.2) is 11.3 Å². The lowest BCUT2D eigenvalue weighted by Gasteiger charge is -2.02. The zero-order valence-corrected chi connectivity index (χ0v) is 11.8. The Morgan fingerprint density at radius 3 is 2.67 bits per heavy atom. The number of aromatic hydroxyl groups is 1. The summed E-state index contributed by atoms with van der Waals surface area (Å²) in [5.41, 5.74) is 1.72. The third-order valence-electron chi connectivity index (χ3n) is 2.40. The summed E-state index contributed by atoms with van der Waals surface area (Å²) >= 11 is 9.15. The Morgan fingerprint density at radius 2 is 1.94 bits per heavy atom. The maximum absolute atomic E-state index is 9.82. The van der Waals surface area contributed by atoms with E-state index in [2.05, 4.69) is 20.9 Å². The van der Waals surface area contributed by atoms with Crippen molar-refractivity contribution in [2.24, 2.45) is 4.99 Å². The molecule has 2 rings (SSSR count). The van der Waals surface area contributed by atoms with Crippen LogP contribution in [0.2, 0.25) is 5.02 Å². The summed E-state index contributed by atoms with van der Waals surface area (Å²) in [6, 6.07) is 13.2. The van der Waals surface area contributed by atoms with Crippen LogP contribution in [0, 0.1) is 0 Å². The van der Waals surface area contributed by atoms with E-state index >= 15 is 0 Å². The van der Waals surface area contributed by atoms with Crippen molar-refractivity contribution in [3.05, 3.63) is 63.1 Å². The van der Waals surface area contributed by atoms with Gasteiger partial charge >= 0.3 is 0 Å². The van der Waals surface area contributed by atoms with Crippen LogP contribution in [0.3, 0.4) is 0 Å². The van der Waals surface area contributed by atoms with Crippen LogP contribution in [0.5, 0.6) is 5.75 Å². The molecule has 0 heterocycles. The fourth-order valence-corrected chi connectivity index (χ4v) is 2.35. The second-order valence-electron chi connectivity index (χ2n) is 3.78. The molecule has 0 aliphatic heterocycles. The van der Waals surface area contributed by atoms with E-state index in [1.165, 1.54) is 0 Å². The van der Waals surface area contributed by atoms with E-state index in [1.54, 1.807) is 18.3 Å². The summed E-state index contributed by atoms with van der Waals surface area (Å²) in [5, 5.41) is 10.4. The average molecular weight is 325 g/mol. The van der Waals surface area contributed by atoms with E-state index in [0.29, 0.717) is 21.6 Å². The molecule has 0 radical (unpaired) electrons. The number of nitrogens with zero attached hydrogens (tertiary/aromatic N) is 1. The van der Waals surface area contributed by atoms with Gasteiger partial charge in [0.05, 0.1) is 11.0 Å². The molecule has 18 heavy (non-hydrogen) atoms. The number of rotatable bonds is 3. The average Bonchev–Trinajstić information content (AvgIpc) is 2.36. The number of hydrogen-bond donors (Lipinski definition) is 1. The predicted molar refractivity (Wildman–Crippen MR) is 78.6 cm³/mol. The van der Waals surface area contributed by atoms with Crippen LogP contribution in [0.25, 0.3) is 0 Å². The Hall–Kier alpha value is -1.32. The van der Waals surface area contributed by atoms with Crippen LogP contribution in [0.1, 0.15) is 11.1 Å². The number of halogens is 2. The minimum absolute atomic E-state index is 0.149. The summed E-state index contributed by atoms with van der Waals surface area (Å²) < 4.78 is 0.566. The van der Waals surface area contributed by atoms with Gasteiger partial charge in [0, 0.05) is 16.8 Å². The third-order valence-corrected chi connectivity index (χ3v) is 3.23. The molecule has 1 N–H and O–H groups in total. The fourth-order valence-electron chi connectivity index (χ4n) is 1.52. The molecule has 0 aromatic heterocycles. The van der Waals surface area contributed by atoms with Gasteiger partial charge in [0.1, 0.15) is 5.75 Å². The highest BCUT2D eigenvalue weighted by Gasteiger charge is 2.05. The maximum atomic E-state index is 9.82. The van der Waals surface area contributed by atoms with Crippen molar-refractivity contribution in [2.45, 2.75) is 6.54 Å². The second-order valence-corrected chi connectivity index (χ2v) is 5.07. The van der Waals surface area contributed by atoms with Crippen LogP contribution >= 0.6 is 27.5 Å². The van der Waals surface area contributed by atoms with Crippen LogP contribution in [0.4, 0.5) is 0 Å². The summed E-state index contributed by atoms with van der Waals surface area (Å²) in [6.07, 6.45) is 1.62. The zero-order valence-electron chi connectivity index (χ0n) is 9.48. The van der Waals surface area contributed by atoms with Gasteiger partial charge in [-0.05, 0) is 33.6 Å². The molecule has 0 aliphatic carbocycles. The molecule has 0 amide bonds. The predicted octanol–water partition coefficient (Wildman–Crippen LogP) is 4.43. The molecule has 0 fully saturated rings. The number of hydrogen-bond acceptors (Lipinski definition) is 2. The second kappa shape index (κ2) is 6.03. The third kappa shape index (κ3) is 3.34. The topological polar surface area (TPSA) is 32.6 Å². The Morgan fingerprint density at radius 1 is 1.22 bits per heavy atom. The number of aliphatic imine (C=N–C) groups is 1. The molecular weight excluding hydrogens is 314 g/mol. The summed E-state index contributed by atoms with van der Waals surface area (Å²) in [6.45, 7) is 0.574. The molecule has 2 aromatic rings. The Labute approximate surface area is 119 Å². The highest BCUT2D eigenvalue weighted by Crippen LogP contribution is 2.30. The van der Waals surface area contributed by atoms with E-state index in [1.807, 2.05) is 30.3 Å². The van der Waals surface area contributed by atoms with Gasteiger partial charge in [-0.3, -0.25) is 4.99 Å². The lowest BCUT2D eigenvalue weighted by atomic mass is 10.2. The first-order valence-electron chi connectivity index (χ1n) is 5.38. The first kappa shape index (κ1) is 13.1. The van der Waals surface area contributed by atoms with Crippen molar-refractivity contribution in [3.63, 3.8) is 0 Å². The van der Waals surface area contributed by atoms with Crippen molar-refractivity contribution >= 4 is 33.7 Å². The van der Waals surface area contributed by atoms with Crippen molar-refractivity contribution in [1.29, 1.82) is 0 Å². The van der Waals surface area contributed by atoms with E-state index < -0.39 is 0 Å². The minimum atomic E-state index is 0.149. The van der Waals surface area contributed by atoms with Crippen molar-refractivity contribution in [2.75, 3.05) is 0 Å². The Bertz CT molecular complexity index is 570. The highest BCUT2D eigenvalue weighted by molar-refractivity contribution is 9.10. The van der Waals surface area contributed by atoms with Gasteiger partial charge in [-0.2, -0.15) is 0 Å². The van der Waals surface area contributed by atoms with Gasteiger partial charge in [0.15, 0.2) is 0 Å². The lowest BCUT2D eigenvalue weighted by Crippen LogP contribution is -1.86. The fraction of sp³-hybridized carbons (Fsp3) is 0.0714. The molecule has 0 saturated carbocycles. The smallest absolute Gasteiger partial charge is 0.138 e. The molecule has 0 spiro atoms. The van der Waals surface area contributed by atoms with Crippen molar-refractivity contribution < 1.29 is 5.11 Å². The molecule has 0 aliphatic rings. The largest absolute Gasteiger partial charge is 0.506 e. The van der Waals surface area contributed by atoms with Crippen molar-refractivity contribution in [3.8, 4) is 5.75 Å². The SMILES string of the molecule is Oc1c(Br)cc(Cl)cc1C=NCc1ccccc1. The number of phenols is 1.